The first-order chi connectivity index (χ1) is 10.0. The van der Waals surface area contributed by atoms with Crippen molar-refractivity contribution in [3.63, 3.8) is 0 Å². The van der Waals surface area contributed by atoms with Crippen LogP contribution in [0.1, 0.15) is 24.3 Å². The number of carbonyl (C=O) groups excluding carboxylic acids is 1. The largest absolute Gasteiger partial charge is 0.481 e. The highest BCUT2D eigenvalue weighted by Gasteiger charge is 2.37. The number of aromatic nitrogens is 1. The zero-order valence-corrected chi connectivity index (χ0v) is 12.4. The molecule has 1 aliphatic rings. The first-order valence-electron chi connectivity index (χ1n) is 6.95. The van der Waals surface area contributed by atoms with Gasteiger partial charge in [-0.15, -0.1) is 11.3 Å². The third kappa shape index (κ3) is 2.76. The monoisotopic (exact) mass is 304 g/mol. The molecule has 0 aliphatic heterocycles. The van der Waals surface area contributed by atoms with E-state index in [1.807, 2.05) is 25.1 Å². The van der Waals surface area contributed by atoms with Gasteiger partial charge in [-0.1, -0.05) is 6.42 Å². The highest BCUT2D eigenvalue weighted by atomic mass is 32.1. The van der Waals surface area contributed by atoms with Gasteiger partial charge in [-0.2, -0.15) is 0 Å². The Hall–Kier alpha value is -1.95. The molecule has 0 saturated heterocycles. The number of carbonyl (C=O) groups is 2. The summed E-state index contributed by atoms with van der Waals surface area (Å²) >= 11 is 1.57. The zero-order chi connectivity index (χ0) is 15.0. The van der Waals surface area contributed by atoms with E-state index in [9.17, 15) is 9.59 Å². The van der Waals surface area contributed by atoms with Crippen molar-refractivity contribution >= 4 is 39.1 Å². The summed E-state index contributed by atoms with van der Waals surface area (Å²) in [6, 6.07) is 5.57. The van der Waals surface area contributed by atoms with Crippen LogP contribution < -0.4 is 5.32 Å². The number of carboxylic acids is 1. The summed E-state index contributed by atoms with van der Waals surface area (Å²) in [5, 5.41) is 13.0. The lowest BCUT2D eigenvalue weighted by molar-refractivity contribution is -0.145. The molecule has 2 N–H and O–H groups in total. The lowest BCUT2D eigenvalue weighted by atomic mass is 9.95. The summed E-state index contributed by atoms with van der Waals surface area (Å²) in [6.07, 6.45) is 2.02. The minimum Gasteiger partial charge on any atom is -0.481 e. The average molecular weight is 304 g/mol. The van der Waals surface area contributed by atoms with Crippen LogP contribution in [0.5, 0.6) is 0 Å². The van der Waals surface area contributed by atoms with Gasteiger partial charge in [-0.25, -0.2) is 4.98 Å². The van der Waals surface area contributed by atoms with E-state index >= 15 is 0 Å². The number of carboxylic acid groups (broad SMARTS) is 1. The standard InChI is InChI=1S/C15H16N2O3S/c1-8-16-12-6-5-9(7-13(12)21-8)17-14(18)10-3-2-4-11(10)15(19)20/h5-7,10-11H,2-4H2,1H3,(H,17,18)(H,19,20). The maximum atomic E-state index is 12.3. The average Bonchev–Trinajstić information content (AvgIpc) is 3.03. The minimum atomic E-state index is -0.874. The SMILES string of the molecule is Cc1nc2ccc(NC(=O)C3CCCC3C(=O)O)cc2s1. The molecule has 1 aromatic heterocycles. The number of benzene rings is 1. The fourth-order valence-electron chi connectivity index (χ4n) is 2.92. The number of amides is 1. The molecule has 2 atom stereocenters. The number of rotatable bonds is 3. The number of fused-ring (bicyclic) bond motifs is 1. The first-order valence-corrected chi connectivity index (χ1v) is 7.77. The predicted molar refractivity (Wildman–Crippen MR) is 81.5 cm³/mol. The summed E-state index contributed by atoms with van der Waals surface area (Å²) in [6.45, 7) is 1.94. The molecule has 2 aromatic rings. The van der Waals surface area contributed by atoms with E-state index < -0.39 is 17.8 Å². The predicted octanol–water partition coefficient (Wildman–Crippen LogP) is 3.04. The van der Waals surface area contributed by atoms with Crippen LogP contribution in [-0.2, 0) is 9.59 Å². The number of thiazole rings is 1. The van der Waals surface area contributed by atoms with Gasteiger partial charge in [0, 0.05) is 5.69 Å². The maximum absolute atomic E-state index is 12.3. The Labute approximate surface area is 126 Å². The number of aliphatic carboxylic acids is 1. The van der Waals surface area contributed by atoms with Gasteiger partial charge >= 0.3 is 5.97 Å². The van der Waals surface area contributed by atoms with Crippen molar-refractivity contribution in [3.05, 3.63) is 23.2 Å². The molecular weight excluding hydrogens is 288 g/mol. The normalized spacial score (nSPS) is 21.6. The van der Waals surface area contributed by atoms with Crippen molar-refractivity contribution in [2.24, 2.45) is 11.8 Å². The van der Waals surface area contributed by atoms with E-state index in [1.54, 1.807) is 11.3 Å². The molecule has 1 aliphatic carbocycles. The van der Waals surface area contributed by atoms with Crippen LogP contribution in [-0.4, -0.2) is 22.0 Å². The van der Waals surface area contributed by atoms with Crippen molar-refractivity contribution in [1.82, 2.24) is 4.98 Å². The molecule has 1 amide bonds. The number of hydrogen-bond acceptors (Lipinski definition) is 4. The molecule has 110 valence electrons. The minimum absolute atomic E-state index is 0.194. The lowest BCUT2D eigenvalue weighted by Crippen LogP contribution is -2.29. The van der Waals surface area contributed by atoms with Crippen molar-refractivity contribution in [3.8, 4) is 0 Å². The molecule has 5 nitrogen and oxygen atoms in total. The molecule has 21 heavy (non-hydrogen) atoms. The molecule has 0 spiro atoms. The summed E-state index contributed by atoms with van der Waals surface area (Å²) in [7, 11) is 0. The Morgan fingerprint density at radius 1 is 1.33 bits per heavy atom. The lowest BCUT2D eigenvalue weighted by Gasteiger charge is -2.15. The van der Waals surface area contributed by atoms with Crippen molar-refractivity contribution in [1.29, 1.82) is 0 Å². The van der Waals surface area contributed by atoms with Gasteiger partial charge in [0.05, 0.1) is 27.1 Å². The number of aryl methyl sites for hydroxylation is 1. The van der Waals surface area contributed by atoms with Gasteiger partial charge in [0.1, 0.15) is 0 Å². The molecule has 6 heteroatoms. The van der Waals surface area contributed by atoms with Gasteiger partial charge in [0.15, 0.2) is 0 Å². The third-order valence-corrected chi connectivity index (χ3v) is 4.87. The van der Waals surface area contributed by atoms with Crippen LogP contribution in [0.3, 0.4) is 0 Å². The second kappa shape index (κ2) is 5.44. The van der Waals surface area contributed by atoms with Crippen molar-refractivity contribution in [2.75, 3.05) is 5.32 Å². The van der Waals surface area contributed by atoms with Crippen LogP contribution in [0.25, 0.3) is 10.2 Å². The molecule has 1 fully saturated rings. The van der Waals surface area contributed by atoms with Gasteiger partial charge in [0.25, 0.3) is 0 Å². The fraction of sp³-hybridized carbons (Fsp3) is 0.400. The Morgan fingerprint density at radius 2 is 2.10 bits per heavy atom. The fourth-order valence-corrected chi connectivity index (χ4v) is 3.79. The Balaban J connectivity index is 1.77. The summed E-state index contributed by atoms with van der Waals surface area (Å²) in [5.74, 6) is -2.05. The van der Waals surface area contributed by atoms with Gasteiger partial charge in [-0.05, 0) is 38.0 Å². The molecule has 0 radical (unpaired) electrons. The summed E-state index contributed by atoms with van der Waals surface area (Å²) < 4.78 is 1.02. The zero-order valence-electron chi connectivity index (χ0n) is 11.6. The van der Waals surface area contributed by atoms with E-state index in [-0.39, 0.29) is 5.91 Å². The molecule has 2 unspecified atom stereocenters. The highest BCUT2D eigenvalue weighted by molar-refractivity contribution is 7.18. The first kappa shape index (κ1) is 14.0. The highest BCUT2D eigenvalue weighted by Crippen LogP contribution is 2.33. The summed E-state index contributed by atoms with van der Waals surface area (Å²) in [5.41, 5.74) is 1.62. The van der Waals surface area contributed by atoms with Crippen LogP contribution >= 0.6 is 11.3 Å². The molecular formula is C15H16N2O3S. The molecule has 1 aromatic carbocycles. The third-order valence-electron chi connectivity index (χ3n) is 3.93. The summed E-state index contributed by atoms with van der Waals surface area (Å²) in [4.78, 5) is 27.8. The second-order valence-corrected chi connectivity index (χ2v) is 6.62. The topological polar surface area (TPSA) is 79.3 Å². The Kier molecular flexibility index (Phi) is 3.63. The number of nitrogens with one attached hydrogen (secondary N) is 1. The Morgan fingerprint density at radius 3 is 2.86 bits per heavy atom. The molecule has 0 bridgehead atoms. The number of hydrogen-bond donors (Lipinski definition) is 2. The quantitative estimate of drug-likeness (QED) is 0.913. The van der Waals surface area contributed by atoms with E-state index in [4.69, 9.17) is 5.11 Å². The van der Waals surface area contributed by atoms with E-state index in [0.29, 0.717) is 18.5 Å². The van der Waals surface area contributed by atoms with E-state index in [0.717, 1.165) is 21.6 Å². The van der Waals surface area contributed by atoms with Crippen molar-refractivity contribution < 1.29 is 14.7 Å². The van der Waals surface area contributed by atoms with Crippen LogP contribution in [0.4, 0.5) is 5.69 Å². The molecule has 1 saturated carbocycles. The number of anilines is 1. The van der Waals surface area contributed by atoms with Gasteiger partial charge < -0.3 is 10.4 Å². The second-order valence-electron chi connectivity index (χ2n) is 5.39. The van der Waals surface area contributed by atoms with Gasteiger partial charge in [-0.3, -0.25) is 9.59 Å². The van der Waals surface area contributed by atoms with Gasteiger partial charge in [0.2, 0.25) is 5.91 Å². The maximum Gasteiger partial charge on any atom is 0.307 e. The Bertz CT molecular complexity index is 710. The van der Waals surface area contributed by atoms with E-state index in [2.05, 4.69) is 10.3 Å². The smallest absolute Gasteiger partial charge is 0.307 e. The molecule has 3 rings (SSSR count). The van der Waals surface area contributed by atoms with Crippen LogP contribution in [0, 0.1) is 18.8 Å². The van der Waals surface area contributed by atoms with Crippen LogP contribution in [0.15, 0.2) is 18.2 Å². The molecule has 1 heterocycles. The van der Waals surface area contributed by atoms with E-state index in [1.165, 1.54) is 0 Å². The number of nitrogens with zero attached hydrogens (tertiary/aromatic N) is 1. The van der Waals surface area contributed by atoms with Crippen molar-refractivity contribution in [2.45, 2.75) is 26.2 Å². The van der Waals surface area contributed by atoms with Crippen LogP contribution in [0.2, 0.25) is 0 Å².